The maximum Gasteiger partial charge on any atom is 0.883 e. The predicted molar refractivity (Wildman–Crippen MR) is 70.8 cm³/mol. The minimum atomic E-state index is -1.92. The fourth-order valence-corrected chi connectivity index (χ4v) is 7.01. The summed E-state index contributed by atoms with van der Waals surface area (Å²) < 4.78 is 17.8. The maximum absolute atomic E-state index is 5.99. The minimum absolute atomic E-state index is 0.189. The number of rotatable bonds is 6. The molecule has 0 aliphatic heterocycles. The molecule has 0 atom stereocenters. The molecule has 90 valence electrons. The molecule has 0 aromatic heterocycles. The van der Waals surface area contributed by atoms with E-state index in [-0.39, 0.29) is 6.10 Å². The Morgan fingerprint density at radius 2 is 1.13 bits per heavy atom. The molecule has 15 heavy (non-hydrogen) atoms. The molecular weight excluding hydrogens is 239 g/mol. The molecule has 0 unspecified atom stereocenters. The lowest BCUT2D eigenvalue weighted by Crippen LogP contribution is -2.46. The normalized spacial score (nSPS) is 13.4. The Hall–Kier alpha value is 0.846. The molecule has 0 aromatic rings. The van der Waals surface area contributed by atoms with Crippen molar-refractivity contribution in [3.05, 3.63) is 0 Å². The van der Waals surface area contributed by atoms with Gasteiger partial charge in [-0.3, -0.25) is 0 Å². The van der Waals surface area contributed by atoms with Gasteiger partial charge >= 0.3 is 15.1 Å². The van der Waals surface area contributed by atoms with Gasteiger partial charge in [0.25, 0.3) is 0 Å². The summed E-state index contributed by atoms with van der Waals surface area (Å²) in [5.74, 6) is 0. The largest absolute Gasteiger partial charge is 0.883 e. The summed E-state index contributed by atoms with van der Waals surface area (Å²) in [6.45, 7) is 17.1. The highest BCUT2D eigenvalue weighted by atomic mass is 28.4. The van der Waals surface area contributed by atoms with E-state index in [1.807, 2.05) is 13.8 Å². The van der Waals surface area contributed by atoms with Gasteiger partial charge in [-0.05, 0) is 53.1 Å². The Bertz CT molecular complexity index is 171. The Morgan fingerprint density at radius 1 is 0.800 bits per heavy atom. The Labute approximate surface area is 102 Å². The Morgan fingerprint density at radius 3 is 1.33 bits per heavy atom. The smallest absolute Gasteiger partial charge is 0.499 e. The summed E-state index contributed by atoms with van der Waals surface area (Å²) in [5.41, 5.74) is 0. The second-order valence-electron chi connectivity index (χ2n) is 5.93. The summed E-state index contributed by atoms with van der Waals surface area (Å²) in [5, 5.41) is 0. The van der Waals surface area contributed by atoms with Crippen LogP contribution in [0, 0.1) is 0 Å². The van der Waals surface area contributed by atoms with Gasteiger partial charge < -0.3 is 10.7 Å². The SMILES string of the molecule is CC(C)[O][Al]([O][Si](C)(C)C)[O][Si](C)(C)C. The van der Waals surface area contributed by atoms with E-state index in [9.17, 15) is 0 Å². The van der Waals surface area contributed by atoms with Crippen LogP contribution in [-0.2, 0) is 10.7 Å². The van der Waals surface area contributed by atoms with Crippen molar-refractivity contribution in [2.45, 2.75) is 59.2 Å². The zero-order valence-electron chi connectivity index (χ0n) is 11.4. The van der Waals surface area contributed by atoms with Crippen molar-refractivity contribution in [3.63, 3.8) is 0 Å². The van der Waals surface area contributed by atoms with Crippen molar-refractivity contribution < 1.29 is 10.7 Å². The summed E-state index contributed by atoms with van der Waals surface area (Å²) in [4.78, 5) is 0. The molecule has 0 saturated heterocycles. The molecule has 0 N–H and O–H groups in total. The van der Waals surface area contributed by atoms with Crippen molar-refractivity contribution in [2.24, 2.45) is 0 Å². The highest BCUT2D eigenvalue weighted by Crippen LogP contribution is 2.13. The van der Waals surface area contributed by atoms with Crippen molar-refractivity contribution in [1.29, 1.82) is 0 Å². The van der Waals surface area contributed by atoms with Crippen LogP contribution in [-0.4, -0.2) is 37.9 Å². The van der Waals surface area contributed by atoms with E-state index in [0.717, 1.165) is 0 Å². The summed E-state index contributed by atoms with van der Waals surface area (Å²) in [7, 11) is -3.11. The highest BCUT2D eigenvalue weighted by Gasteiger charge is 2.40. The van der Waals surface area contributed by atoms with Gasteiger partial charge in [0.15, 0.2) is 16.6 Å². The average molecular weight is 264 g/mol. The van der Waals surface area contributed by atoms with Crippen LogP contribution >= 0.6 is 0 Å². The fourth-order valence-electron chi connectivity index (χ4n) is 0.879. The molecule has 3 nitrogen and oxygen atoms in total. The molecule has 0 bridgehead atoms. The van der Waals surface area contributed by atoms with E-state index in [1.165, 1.54) is 0 Å². The standard InChI is InChI=1S/2C3H9OSi.C3H7O.Al/c2*1-5(2,3)4;1-3(2)4;/h2*1-3H3;3H,1-2H3;/q3*-1;+3. The van der Waals surface area contributed by atoms with Crippen LogP contribution in [0.4, 0.5) is 0 Å². The van der Waals surface area contributed by atoms with Crippen LogP contribution in [0.2, 0.25) is 39.3 Å². The monoisotopic (exact) mass is 264 g/mol. The average Bonchev–Trinajstić information content (AvgIpc) is 1.73. The van der Waals surface area contributed by atoms with E-state index in [4.69, 9.17) is 10.7 Å². The third-order valence-electron chi connectivity index (χ3n) is 1.28. The van der Waals surface area contributed by atoms with Gasteiger partial charge in [0.1, 0.15) is 0 Å². The van der Waals surface area contributed by atoms with Gasteiger partial charge in [-0.1, -0.05) is 0 Å². The topological polar surface area (TPSA) is 27.7 Å². The van der Waals surface area contributed by atoms with E-state index in [0.29, 0.717) is 0 Å². The van der Waals surface area contributed by atoms with E-state index in [1.54, 1.807) is 0 Å². The van der Waals surface area contributed by atoms with E-state index < -0.39 is 31.8 Å². The van der Waals surface area contributed by atoms with Crippen LogP contribution in [0.5, 0.6) is 0 Å². The van der Waals surface area contributed by atoms with Crippen molar-refractivity contribution in [2.75, 3.05) is 0 Å². The van der Waals surface area contributed by atoms with Crippen molar-refractivity contribution >= 4 is 31.8 Å². The van der Waals surface area contributed by atoms with Crippen LogP contribution in [0.15, 0.2) is 0 Å². The summed E-state index contributed by atoms with van der Waals surface area (Å²) in [6.07, 6.45) is 0.189. The summed E-state index contributed by atoms with van der Waals surface area (Å²) >= 11 is -1.92. The highest BCUT2D eigenvalue weighted by molar-refractivity contribution is 6.79. The van der Waals surface area contributed by atoms with Crippen LogP contribution < -0.4 is 0 Å². The molecule has 0 fully saturated rings. The van der Waals surface area contributed by atoms with Crippen LogP contribution in [0.3, 0.4) is 0 Å². The number of hydrogen-bond donors (Lipinski definition) is 0. The first kappa shape index (κ1) is 15.8. The quantitative estimate of drug-likeness (QED) is 0.690. The second kappa shape index (κ2) is 5.96. The predicted octanol–water partition coefficient (Wildman–Crippen LogP) is 3.10. The molecule has 0 aliphatic rings. The molecule has 0 heterocycles. The van der Waals surface area contributed by atoms with Gasteiger partial charge in [0, 0.05) is 6.10 Å². The van der Waals surface area contributed by atoms with E-state index in [2.05, 4.69) is 39.3 Å². The molecule has 0 saturated carbocycles. The first-order chi connectivity index (χ1) is 6.49. The molecule has 6 heteroatoms. The lowest BCUT2D eigenvalue weighted by Gasteiger charge is -2.28. The maximum atomic E-state index is 5.99. The van der Waals surface area contributed by atoms with Gasteiger partial charge in [-0.15, -0.1) is 0 Å². The second-order valence-corrected chi connectivity index (χ2v) is 17.1. The first-order valence-electron chi connectivity index (χ1n) is 5.51. The Balaban J connectivity index is 4.32. The zero-order valence-corrected chi connectivity index (χ0v) is 14.5. The molecule has 0 aliphatic carbocycles. The lowest BCUT2D eigenvalue weighted by atomic mass is 10.5. The molecule has 0 aromatic carbocycles. The van der Waals surface area contributed by atoms with Crippen molar-refractivity contribution in [1.82, 2.24) is 0 Å². The van der Waals surface area contributed by atoms with Crippen LogP contribution in [0.1, 0.15) is 13.8 Å². The summed E-state index contributed by atoms with van der Waals surface area (Å²) in [6, 6.07) is 0. The van der Waals surface area contributed by atoms with Gasteiger partial charge in [-0.25, -0.2) is 0 Å². The molecule has 0 spiro atoms. The minimum Gasteiger partial charge on any atom is -0.499 e. The van der Waals surface area contributed by atoms with Gasteiger partial charge in [0.2, 0.25) is 0 Å². The third-order valence-corrected chi connectivity index (χ3v) is 9.25. The van der Waals surface area contributed by atoms with Gasteiger partial charge in [0.05, 0.1) is 0 Å². The zero-order chi connectivity index (χ0) is 12.3. The van der Waals surface area contributed by atoms with Crippen molar-refractivity contribution in [3.8, 4) is 0 Å². The third kappa shape index (κ3) is 11.1. The fraction of sp³-hybridized carbons (Fsp3) is 1.00. The molecule has 0 amide bonds. The van der Waals surface area contributed by atoms with Gasteiger partial charge in [-0.2, -0.15) is 0 Å². The number of hydrogen-bond acceptors (Lipinski definition) is 3. The van der Waals surface area contributed by atoms with Crippen LogP contribution in [0.25, 0.3) is 0 Å². The first-order valence-corrected chi connectivity index (χ1v) is 13.7. The molecule has 0 rings (SSSR count). The lowest BCUT2D eigenvalue weighted by molar-refractivity contribution is 0.151. The Kier molecular flexibility index (Phi) is 6.30. The van der Waals surface area contributed by atoms with E-state index >= 15 is 0 Å². The molecular formula is C9H25AlO3Si2. The molecule has 0 radical (unpaired) electrons.